The van der Waals surface area contributed by atoms with Crippen molar-refractivity contribution in [3.63, 3.8) is 0 Å². The van der Waals surface area contributed by atoms with Gasteiger partial charge in [0, 0.05) is 0 Å². The Morgan fingerprint density at radius 2 is 2.33 bits per heavy atom. The molecule has 0 bridgehead atoms. The predicted molar refractivity (Wildman–Crippen MR) is 33.1 cm³/mol. The normalized spacial score (nSPS) is 10.7. The Kier molecular flexibility index (Phi) is 6.58. The van der Waals surface area contributed by atoms with E-state index in [0.29, 0.717) is 0 Å². The molecule has 0 aromatic heterocycles. The van der Waals surface area contributed by atoms with Crippen molar-refractivity contribution >= 4 is 18.4 Å². The monoisotopic (exact) mass is 150 g/mol. The van der Waals surface area contributed by atoms with E-state index in [-0.39, 0.29) is 18.8 Å². The van der Waals surface area contributed by atoms with Crippen LogP contribution < -0.4 is 5.73 Å². The molecule has 0 heterocycles. The summed E-state index contributed by atoms with van der Waals surface area (Å²) in [5.41, 5.74) is 4.93. The third-order valence-electron chi connectivity index (χ3n) is 0.560. The van der Waals surface area contributed by atoms with Crippen molar-refractivity contribution in [3.05, 3.63) is 0 Å². The van der Waals surface area contributed by atoms with E-state index in [9.17, 15) is 4.79 Å². The quantitative estimate of drug-likeness (QED) is 0.568. The summed E-state index contributed by atoms with van der Waals surface area (Å²) in [5, 5.41) is 15.9. The van der Waals surface area contributed by atoms with E-state index in [1.54, 1.807) is 6.07 Å². The number of hydrogen-bond donors (Lipinski definition) is 2. The fourth-order valence-corrected chi connectivity index (χ4v) is 0.234. The van der Waals surface area contributed by atoms with Crippen LogP contribution in [0.3, 0.4) is 0 Å². The molecular weight excluding hydrogens is 144 g/mol. The van der Waals surface area contributed by atoms with E-state index in [0.717, 1.165) is 0 Å². The number of nitrogens with zero attached hydrogens (tertiary/aromatic N) is 1. The van der Waals surface area contributed by atoms with Crippen molar-refractivity contribution in [3.8, 4) is 6.07 Å². The number of nitrogens with two attached hydrogens (primary N) is 1. The minimum Gasteiger partial charge on any atom is -0.481 e. The number of halogens is 1. The molecule has 0 radical (unpaired) electrons. The van der Waals surface area contributed by atoms with Crippen LogP contribution in [0.25, 0.3) is 0 Å². The van der Waals surface area contributed by atoms with Gasteiger partial charge >= 0.3 is 5.97 Å². The summed E-state index contributed by atoms with van der Waals surface area (Å²) < 4.78 is 0. The fourth-order valence-electron chi connectivity index (χ4n) is 0.234. The van der Waals surface area contributed by atoms with Gasteiger partial charge in [0.05, 0.1) is 12.5 Å². The molecule has 0 saturated heterocycles. The van der Waals surface area contributed by atoms with E-state index < -0.39 is 12.0 Å². The lowest BCUT2D eigenvalue weighted by molar-refractivity contribution is -0.137. The molecule has 0 aliphatic heterocycles. The van der Waals surface area contributed by atoms with Gasteiger partial charge in [-0.05, 0) is 0 Å². The van der Waals surface area contributed by atoms with Crippen LogP contribution in [0.15, 0.2) is 0 Å². The molecule has 0 amide bonds. The number of nitriles is 1. The van der Waals surface area contributed by atoms with Gasteiger partial charge in [-0.25, -0.2) is 0 Å². The zero-order chi connectivity index (χ0) is 6.57. The summed E-state index contributed by atoms with van der Waals surface area (Å²) >= 11 is 0. The van der Waals surface area contributed by atoms with E-state index >= 15 is 0 Å². The molecule has 5 heteroatoms. The van der Waals surface area contributed by atoms with Gasteiger partial charge < -0.3 is 10.8 Å². The van der Waals surface area contributed by atoms with Crippen molar-refractivity contribution < 1.29 is 9.90 Å². The van der Waals surface area contributed by atoms with Crippen LogP contribution in [-0.4, -0.2) is 17.1 Å². The Hall–Kier alpha value is -0.790. The summed E-state index contributed by atoms with van der Waals surface area (Å²) in [7, 11) is 0. The highest BCUT2D eigenvalue weighted by molar-refractivity contribution is 5.85. The molecule has 1 unspecified atom stereocenters. The third kappa shape index (κ3) is 7.21. The second-order valence-electron chi connectivity index (χ2n) is 1.33. The molecule has 0 spiro atoms. The molecule has 4 nitrogen and oxygen atoms in total. The van der Waals surface area contributed by atoms with Crippen molar-refractivity contribution in [2.45, 2.75) is 12.5 Å². The average Bonchev–Trinajstić information content (AvgIpc) is 1.65. The Balaban J connectivity index is 0. The van der Waals surface area contributed by atoms with Crippen molar-refractivity contribution in [1.29, 1.82) is 5.26 Å². The first-order valence-corrected chi connectivity index (χ1v) is 2.04. The minimum atomic E-state index is -1.04. The Labute approximate surface area is 58.7 Å². The standard InChI is InChI=1S/C4H6N2O2.ClH/c5-2-3(6)1-4(7)8;/h3H,1,6H2,(H,7,8);1H. The first kappa shape index (κ1) is 11.1. The Bertz CT molecular complexity index is 131. The molecule has 0 aromatic rings. The molecule has 0 saturated carbocycles. The lowest BCUT2D eigenvalue weighted by Crippen LogP contribution is -2.20. The predicted octanol–water partition coefficient (Wildman–Crippen LogP) is -0.266. The van der Waals surface area contributed by atoms with Crippen molar-refractivity contribution in [2.24, 2.45) is 5.73 Å². The summed E-state index contributed by atoms with van der Waals surface area (Å²) in [6, 6.07) is 0.725. The molecule has 0 aliphatic carbocycles. The second kappa shape index (κ2) is 5.35. The lowest BCUT2D eigenvalue weighted by atomic mass is 10.2. The zero-order valence-electron chi connectivity index (χ0n) is 4.57. The maximum atomic E-state index is 9.74. The zero-order valence-corrected chi connectivity index (χ0v) is 5.39. The molecule has 0 aliphatic rings. The highest BCUT2D eigenvalue weighted by atomic mass is 35.5. The smallest absolute Gasteiger partial charge is 0.306 e. The first-order chi connectivity index (χ1) is 3.66. The molecule has 1 atom stereocenters. The van der Waals surface area contributed by atoms with Crippen molar-refractivity contribution in [2.75, 3.05) is 0 Å². The molecule has 52 valence electrons. The number of aliphatic carboxylic acids is 1. The first-order valence-electron chi connectivity index (χ1n) is 2.04. The summed E-state index contributed by atoms with van der Waals surface area (Å²) in [6.07, 6.45) is -0.281. The number of carbonyl (C=O) groups is 1. The van der Waals surface area contributed by atoms with Gasteiger partial charge in [0.15, 0.2) is 0 Å². The van der Waals surface area contributed by atoms with Crippen LogP contribution in [0.5, 0.6) is 0 Å². The van der Waals surface area contributed by atoms with Crippen LogP contribution in [-0.2, 0) is 4.79 Å². The van der Waals surface area contributed by atoms with E-state index in [1.165, 1.54) is 0 Å². The largest absolute Gasteiger partial charge is 0.481 e. The van der Waals surface area contributed by atoms with Crippen LogP contribution in [0, 0.1) is 11.3 Å². The van der Waals surface area contributed by atoms with Gasteiger partial charge in [0.1, 0.15) is 6.04 Å². The minimum absolute atomic E-state index is 0. The molecule has 3 N–H and O–H groups in total. The highest BCUT2D eigenvalue weighted by Gasteiger charge is 2.03. The van der Waals surface area contributed by atoms with Crippen LogP contribution in [0.2, 0.25) is 0 Å². The molecule has 0 aromatic carbocycles. The van der Waals surface area contributed by atoms with Crippen LogP contribution >= 0.6 is 12.4 Å². The van der Waals surface area contributed by atoms with E-state index in [1.807, 2.05) is 0 Å². The fraction of sp³-hybridized carbons (Fsp3) is 0.500. The maximum absolute atomic E-state index is 9.74. The van der Waals surface area contributed by atoms with Gasteiger partial charge in [-0.1, -0.05) is 0 Å². The lowest BCUT2D eigenvalue weighted by Gasteiger charge is -1.92. The van der Waals surface area contributed by atoms with E-state index in [2.05, 4.69) is 0 Å². The summed E-state index contributed by atoms with van der Waals surface area (Å²) in [4.78, 5) is 9.74. The van der Waals surface area contributed by atoms with Gasteiger partial charge in [0.25, 0.3) is 0 Å². The summed E-state index contributed by atoms with van der Waals surface area (Å²) in [5.74, 6) is -1.04. The number of carboxylic acids is 1. The molecule has 9 heavy (non-hydrogen) atoms. The molecular formula is C4H7ClN2O2. The Morgan fingerprint density at radius 3 is 2.44 bits per heavy atom. The van der Waals surface area contributed by atoms with Crippen LogP contribution in [0.1, 0.15) is 6.42 Å². The van der Waals surface area contributed by atoms with Gasteiger partial charge in [-0.2, -0.15) is 5.26 Å². The third-order valence-corrected chi connectivity index (χ3v) is 0.560. The number of carboxylic acid groups (broad SMARTS) is 1. The Morgan fingerprint density at radius 1 is 1.89 bits per heavy atom. The average molecular weight is 151 g/mol. The summed E-state index contributed by atoms with van der Waals surface area (Å²) in [6.45, 7) is 0. The highest BCUT2D eigenvalue weighted by Crippen LogP contribution is 1.82. The molecule has 0 rings (SSSR count). The van der Waals surface area contributed by atoms with Gasteiger partial charge in [-0.15, -0.1) is 12.4 Å². The topological polar surface area (TPSA) is 87.1 Å². The molecule has 0 fully saturated rings. The second-order valence-corrected chi connectivity index (χ2v) is 1.33. The van der Waals surface area contributed by atoms with Crippen LogP contribution in [0.4, 0.5) is 0 Å². The van der Waals surface area contributed by atoms with E-state index in [4.69, 9.17) is 16.1 Å². The number of hydrogen-bond acceptors (Lipinski definition) is 3. The van der Waals surface area contributed by atoms with Gasteiger partial charge in [0.2, 0.25) is 0 Å². The maximum Gasteiger partial charge on any atom is 0.306 e. The SMILES string of the molecule is Cl.N#CC(N)CC(=O)O. The van der Waals surface area contributed by atoms with Crippen molar-refractivity contribution in [1.82, 2.24) is 0 Å². The van der Waals surface area contributed by atoms with Gasteiger partial charge in [-0.3, -0.25) is 4.79 Å². The number of rotatable bonds is 2.